The molecule has 1 aliphatic rings. The van der Waals surface area contributed by atoms with E-state index >= 15 is 0 Å². The number of aromatic nitrogens is 1. The Balaban J connectivity index is 1.57. The van der Waals surface area contributed by atoms with Crippen molar-refractivity contribution in [3.63, 3.8) is 0 Å². The van der Waals surface area contributed by atoms with Gasteiger partial charge in [0.1, 0.15) is 17.7 Å². The molecular formula is C23H16Cl2F3N3O3. The number of carbonyl (C=O) groups excluding carboxylic acids is 2. The van der Waals surface area contributed by atoms with Crippen molar-refractivity contribution in [2.24, 2.45) is 0 Å². The molecule has 2 amide bonds. The quantitative estimate of drug-likeness (QED) is 0.488. The van der Waals surface area contributed by atoms with Crippen LogP contribution in [0.2, 0.25) is 10.0 Å². The Bertz CT molecular complexity index is 1270. The maximum Gasteiger partial charge on any atom is 0.279 e. The Morgan fingerprint density at radius 3 is 2.59 bits per heavy atom. The van der Waals surface area contributed by atoms with Crippen molar-refractivity contribution in [2.45, 2.75) is 18.4 Å². The summed E-state index contributed by atoms with van der Waals surface area (Å²) in [7, 11) is 0. The lowest BCUT2D eigenvalue weighted by Gasteiger charge is -2.23. The van der Waals surface area contributed by atoms with Crippen LogP contribution in [0.3, 0.4) is 0 Å². The van der Waals surface area contributed by atoms with E-state index in [2.05, 4.69) is 10.3 Å². The highest BCUT2D eigenvalue weighted by Gasteiger charge is 2.44. The number of nitrogens with one attached hydrogen (secondary N) is 1. The second-order valence-corrected chi connectivity index (χ2v) is 8.43. The lowest BCUT2D eigenvalue weighted by Crippen LogP contribution is -2.33. The maximum absolute atomic E-state index is 14.4. The summed E-state index contributed by atoms with van der Waals surface area (Å²) in [5, 5.41) is 12.8. The lowest BCUT2D eigenvalue weighted by molar-refractivity contribution is -0.112. The van der Waals surface area contributed by atoms with Crippen molar-refractivity contribution < 1.29 is 27.9 Å². The Morgan fingerprint density at radius 1 is 1.12 bits per heavy atom. The summed E-state index contributed by atoms with van der Waals surface area (Å²) < 4.78 is 42.1. The Hall–Kier alpha value is -3.14. The van der Waals surface area contributed by atoms with Crippen molar-refractivity contribution in [1.29, 1.82) is 0 Å². The fraction of sp³-hybridized carbons (Fsp3) is 0.174. The number of nitrogens with zero attached hydrogens (tertiary/aromatic N) is 2. The summed E-state index contributed by atoms with van der Waals surface area (Å²) in [5.74, 6) is -5.37. The van der Waals surface area contributed by atoms with Crippen LogP contribution in [-0.2, 0) is 0 Å². The normalized spacial score (nSPS) is 17.0. The fourth-order valence-electron chi connectivity index (χ4n) is 3.55. The van der Waals surface area contributed by atoms with E-state index in [9.17, 15) is 27.9 Å². The van der Waals surface area contributed by atoms with Crippen LogP contribution < -0.4 is 10.2 Å². The molecule has 11 heteroatoms. The van der Waals surface area contributed by atoms with Gasteiger partial charge in [-0.15, -0.1) is 0 Å². The van der Waals surface area contributed by atoms with E-state index in [1.807, 2.05) is 0 Å². The molecule has 0 spiro atoms. The van der Waals surface area contributed by atoms with E-state index in [1.54, 1.807) is 0 Å². The van der Waals surface area contributed by atoms with Crippen LogP contribution in [0.4, 0.5) is 24.7 Å². The average Bonchev–Trinajstić information content (AvgIpc) is 2.90. The van der Waals surface area contributed by atoms with Gasteiger partial charge in [-0.1, -0.05) is 23.2 Å². The molecule has 0 fully saturated rings. The third-order valence-corrected chi connectivity index (χ3v) is 5.88. The largest absolute Gasteiger partial charge is 0.382 e. The predicted molar refractivity (Wildman–Crippen MR) is 121 cm³/mol. The molecule has 0 saturated carbocycles. The molecule has 2 heterocycles. The van der Waals surface area contributed by atoms with Crippen molar-refractivity contribution in [2.75, 3.05) is 16.8 Å². The van der Waals surface area contributed by atoms with E-state index in [4.69, 9.17) is 23.2 Å². The second-order valence-electron chi connectivity index (χ2n) is 7.58. The Kier molecular flexibility index (Phi) is 6.53. The van der Waals surface area contributed by atoms with Gasteiger partial charge in [-0.2, -0.15) is 0 Å². The Labute approximate surface area is 201 Å². The van der Waals surface area contributed by atoms with Gasteiger partial charge < -0.3 is 15.3 Å². The number of aliphatic hydroxyl groups excluding tert-OH is 1. The molecule has 0 unspecified atom stereocenters. The van der Waals surface area contributed by atoms with E-state index in [0.717, 1.165) is 17.0 Å². The summed E-state index contributed by atoms with van der Waals surface area (Å²) in [6.07, 6.45) is -1.72. The number of anilines is 2. The van der Waals surface area contributed by atoms with Crippen LogP contribution in [0.15, 0.2) is 54.7 Å². The monoisotopic (exact) mass is 509 g/mol. The minimum absolute atomic E-state index is 0.0459. The van der Waals surface area contributed by atoms with Crippen molar-refractivity contribution in [1.82, 2.24) is 4.98 Å². The minimum atomic E-state index is -3.46. The molecule has 176 valence electrons. The zero-order valence-electron chi connectivity index (χ0n) is 17.2. The van der Waals surface area contributed by atoms with Crippen LogP contribution in [0.1, 0.15) is 38.8 Å². The van der Waals surface area contributed by atoms with Gasteiger partial charge in [0.15, 0.2) is 0 Å². The van der Waals surface area contributed by atoms with Gasteiger partial charge in [0.05, 0.1) is 21.8 Å². The van der Waals surface area contributed by atoms with Crippen LogP contribution in [0.25, 0.3) is 0 Å². The zero-order chi connectivity index (χ0) is 24.6. The number of carbonyl (C=O) groups is 2. The molecule has 0 saturated heterocycles. The summed E-state index contributed by atoms with van der Waals surface area (Å²) in [6.45, 7) is -0.353. The number of aliphatic hydroxyl groups is 1. The SMILES string of the molecule is O=C(Nc1ccc(C(=O)N2CCC(F)(F)[C@H](O)c3cc(Cl)ccc32)cn1)c1cc(F)ccc1Cl. The lowest BCUT2D eigenvalue weighted by atomic mass is 10.0. The van der Waals surface area contributed by atoms with Gasteiger partial charge in [-0.25, -0.2) is 18.2 Å². The maximum atomic E-state index is 14.4. The standard InChI is InChI=1S/C23H16Cl2F3N3O3/c24-13-2-5-18-16(9-13)20(32)23(27,28)7-8-31(18)22(34)12-1-6-19(29-11-12)30-21(33)15-10-14(26)3-4-17(15)25/h1-6,9-11,20,32H,7-8H2,(H,29,30,33)/t20-/m1/s1. The number of benzene rings is 2. The Morgan fingerprint density at radius 2 is 1.88 bits per heavy atom. The highest BCUT2D eigenvalue weighted by atomic mass is 35.5. The first kappa shape index (κ1) is 24.0. The fourth-order valence-corrected chi connectivity index (χ4v) is 3.94. The van der Waals surface area contributed by atoms with Crippen LogP contribution >= 0.6 is 23.2 Å². The minimum Gasteiger partial charge on any atom is -0.382 e. The molecule has 1 aliphatic heterocycles. The van der Waals surface area contributed by atoms with Gasteiger partial charge in [0, 0.05) is 29.7 Å². The van der Waals surface area contributed by atoms with E-state index in [1.165, 1.54) is 42.6 Å². The average molecular weight is 510 g/mol. The highest BCUT2D eigenvalue weighted by Crippen LogP contribution is 2.43. The number of rotatable bonds is 3. The van der Waals surface area contributed by atoms with Gasteiger partial charge in [-0.3, -0.25) is 9.59 Å². The van der Waals surface area contributed by atoms with E-state index < -0.39 is 36.1 Å². The van der Waals surface area contributed by atoms with Crippen LogP contribution in [0, 0.1) is 5.82 Å². The second kappa shape index (κ2) is 9.25. The number of alkyl halides is 2. The topological polar surface area (TPSA) is 82.5 Å². The van der Waals surface area contributed by atoms with Crippen molar-refractivity contribution in [3.8, 4) is 0 Å². The van der Waals surface area contributed by atoms with Gasteiger partial charge in [0.2, 0.25) is 0 Å². The smallest absolute Gasteiger partial charge is 0.279 e. The predicted octanol–water partition coefficient (Wildman–Crippen LogP) is 5.50. The molecule has 0 bridgehead atoms. The van der Waals surface area contributed by atoms with Crippen LogP contribution in [0.5, 0.6) is 0 Å². The number of fused-ring (bicyclic) bond motifs is 1. The van der Waals surface area contributed by atoms with Gasteiger partial charge >= 0.3 is 0 Å². The van der Waals surface area contributed by atoms with Gasteiger partial charge in [0.25, 0.3) is 17.7 Å². The highest BCUT2D eigenvalue weighted by molar-refractivity contribution is 6.34. The summed E-state index contributed by atoms with van der Waals surface area (Å²) in [6, 6.07) is 10.1. The number of amides is 2. The third-order valence-electron chi connectivity index (χ3n) is 5.31. The molecule has 0 aliphatic carbocycles. The van der Waals surface area contributed by atoms with E-state index in [0.29, 0.717) is 0 Å². The molecule has 34 heavy (non-hydrogen) atoms. The van der Waals surface area contributed by atoms with E-state index in [-0.39, 0.29) is 44.8 Å². The zero-order valence-corrected chi connectivity index (χ0v) is 18.7. The third kappa shape index (κ3) is 4.72. The first-order valence-electron chi connectivity index (χ1n) is 9.96. The van der Waals surface area contributed by atoms with Crippen molar-refractivity contribution in [3.05, 3.63) is 87.3 Å². The molecule has 3 aromatic rings. The molecule has 2 N–H and O–H groups in total. The van der Waals surface area contributed by atoms with Gasteiger partial charge in [-0.05, 0) is 48.5 Å². The van der Waals surface area contributed by atoms with Crippen molar-refractivity contribution >= 4 is 46.5 Å². The number of hydrogen-bond donors (Lipinski definition) is 2. The molecule has 1 atom stereocenters. The first-order valence-corrected chi connectivity index (χ1v) is 10.7. The molecule has 4 rings (SSSR count). The summed E-state index contributed by atoms with van der Waals surface area (Å²) in [5.41, 5.74) is -0.0882. The van der Waals surface area contributed by atoms with Crippen LogP contribution in [-0.4, -0.2) is 34.4 Å². The molecule has 2 aromatic carbocycles. The first-order chi connectivity index (χ1) is 16.1. The number of halogens is 5. The summed E-state index contributed by atoms with van der Waals surface area (Å²) in [4.78, 5) is 30.6. The number of hydrogen-bond acceptors (Lipinski definition) is 4. The molecular weight excluding hydrogens is 494 g/mol. The molecule has 1 aromatic heterocycles. The summed E-state index contributed by atoms with van der Waals surface area (Å²) >= 11 is 11.8. The molecule has 0 radical (unpaired) electrons. The molecule has 6 nitrogen and oxygen atoms in total. The number of pyridine rings is 1.